The Kier molecular flexibility index (Phi) is 3.46. The number of hydrogen-bond donors (Lipinski definition) is 2. The Morgan fingerprint density at radius 3 is 2.75 bits per heavy atom. The maximum Gasteiger partial charge on any atom is 0.262 e. The van der Waals surface area contributed by atoms with Crippen molar-refractivity contribution in [1.82, 2.24) is 5.32 Å². The van der Waals surface area contributed by atoms with E-state index in [0.717, 1.165) is 18.4 Å². The van der Waals surface area contributed by atoms with Gasteiger partial charge in [-0.3, -0.25) is 9.59 Å². The number of rotatable bonds is 3. The van der Waals surface area contributed by atoms with Crippen LogP contribution in [0.25, 0.3) is 0 Å². The fourth-order valence-electron chi connectivity index (χ4n) is 2.98. The zero-order chi connectivity index (χ0) is 16.7. The molecule has 2 aliphatic rings. The third-order valence-electron chi connectivity index (χ3n) is 4.36. The normalized spacial score (nSPS) is 17.3. The number of carbonyl (C=O) groups is 2. The largest absolute Gasteiger partial charge is 0.481 e. The van der Waals surface area contributed by atoms with E-state index in [2.05, 4.69) is 10.6 Å². The highest BCUT2D eigenvalue weighted by molar-refractivity contribution is 6.30. The number of carbonyl (C=O) groups excluding carboxylic acids is 2. The molecule has 0 saturated heterocycles. The molecule has 2 N–H and O–H groups in total. The molecule has 1 aliphatic carbocycles. The van der Waals surface area contributed by atoms with Gasteiger partial charge in [-0.1, -0.05) is 29.8 Å². The minimum absolute atomic E-state index is 0.0866. The second kappa shape index (κ2) is 5.53. The third-order valence-corrected chi connectivity index (χ3v) is 4.60. The van der Waals surface area contributed by atoms with Crippen molar-refractivity contribution in [2.24, 2.45) is 0 Å². The van der Waals surface area contributed by atoms with Crippen LogP contribution in [-0.2, 0) is 10.3 Å². The van der Waals surface area contributed by atoms with Gasteiger partial charge in [0, 0.05) is 5.02 Å². The highest BCUT2D eigenvalue weighted by atomic mass is 35.5. The van der Waals surface area contributed by atoms with Crippen molar-refractivity contribution in [3.05, 3.63) is 58.6 Å². The van der Waals surface area contributed by atoms with Gasteiger partial charge < -0.3 is 15.4 Å². The van der Waals surface area contributed by atoms with Gasteiger partial charge in [0.2, 0.25) is 0 Å². The third kappa shape index (κ3) is 2.61. The zero-order valence-corrected chi connectivity index (χ0v) is 13.5. The Morgan fingerprint density at radius 2 is 2.00 bits per heavy atom. The fourth-order valence-corrected chi connectivity index (χ4v) is 3.17. The first-order valence-electron chi connectivity index (χ1n) is 7.72. The van der Waals surface area contributed by atoms with Crippen LogP contribution in [0.3, 0.4) is 0 Å². The van der Waals surface area contributed by atoms with E-state index in [0.29, 0.717) is 22.0 Å². The summed E-state index contributed by atoms with van der Waals surface area (Å²) in [5, 5.41) is 6.46. The van der Waals surface area contributed by atoms with E-state index in [9.17, 15) is 9.59 Å². The molecule has 0 aromatic heterocycles. The number of ether oxygens (including phenoxy) is 1. The summed E-state index contributed by atoms with van der Waals surface area (Å²) in [6.07, 6.45) is 1.73. The first kappa shape index (κ1) is 15.0. The summed E-state index contributed by atoms with van der Waals surface area (Å²) < 4.78 is 5.45. The van der Waals surface area contributed by atoms with E-state index in [1.807, 2.05) is 24.3 Å². The average molecular weight is 343 g/mol. The van der Waals surface area contributed by atoms with Crippen LogP contribution in [0.5, 0.6) is 5.75 Å². The van der Waals surface area contributed by atoms with Crippen molar-refractivity contribution in [2.45, 2.75) is 18.4 Å². The van der Waals surface area contributed by atoms with Gasteiger partial charge in [-0.05, 0) is 42.7 Å². The fraction of sp³-hybridized carbons (Fsp3) is 0.222. The number of halogens is 1. The molecule has 122 valence electrons. The van der Waals surface area contributed by atoms with Gasteiger partial charge in [0.15, 0.2) is 12.4 Å². The molecular formula is C18H15ClN2O3. The number of benzene rings is 2. The zero-order valence-electron chi connectivity index (χ0n) is 12.8. The number of amides is 2. The van der Waals surface area contributed by atoms with E-state index < -0.39 is 0 Å². The van der Waals surface area contributed by atoms with Crippen LogP contribution in [-0.4, -0.2) is 18.4 Å². The van der Waals surface area contributed by atoms with Crippen molar-refractivity contribution in [3.8, 4) is 5.75 Å². The lowest BCUT2D eigenvalue weighted by Crippen LogP contribution is -2.36. The summed E-state index contributed by atoms with van der Waals surface area (Å²) in [5.74, 6) is -0.0328. The predicted molar refractivity (Wildman–Crippen MR) is 90.4 cm³/mol. The van der Waals surface area contributed by atoms with E-state index in [4.69, 9.17) is 16.3 Å². The van der Waals surface area contributed by atoms with Crippen molar-refractivity contribution >= 4 is 29.1 Å². The Hall–Kier alpha value is -2.53. The second-order valence-corrected chi connectivity index (χ2v) is 6.50. The molecular weight excluding hydrogens is 328 g/mol. The molecule has 24 heavy (non-hydrogen) atoms. The Balaban J connectivity index is 1.62. The van der Waals surface area contributed by atoms with Gasteiger partial charge in [0.1, 0.15) is 0 Å². The van der Waals surface area contributed by atoms with E-state index >= 15 is 0 Å². The van der Waals surface area contributed by atoms with E-state index in [1.54, 1.807) is 18.2 Å². The monoisotopic (exact) mass is 342 g/mol. The SMILES string of the molecule is O=C1COc2c(cccc2C(=O)NC2(c3cccc(Cl)c3)CC2)N1. The molecule has 0 bridgehead atoms. The molecule has 0 atom stereocenters. The number of fused-ring (bicyclic) bond motifs is 1. The van der Waals surface area contributed by atoms with Crippen LogP contribution in [0.2, 0.25) is 5.02 Å². The van der Waals surface area contributed by atoms with Crippen LogP contribution >= 0.6 is 11.6 Å². The van der Waals surface area contributed by atoms with Gasteiger partial charge in [0.25, 0.3) is 11.8 Å². The van der Waals surface area contributed by atoms with Gasteiger partial charge in [-0.2, -0.15) is 0 Å². The van der Waals surface area contributed by atoms with Gasteiger partial charge in [-0.25, -0.2) is 0 Å². The maximum absolute atomic E-state index is 12.8. The van der Waals surface area contributed by atoms with Gasteiger partial charge in [-0.15, -0.1) is 0 Å². The molecule has 1 fully saturated rings. The van der Waals surface area contributed by atoms with Crippen molar-refractivity contribution < 1.29 is 14.3 Å². The minimum atomic E-state index is -0.372. The summed E-state index contributed by atoms with van der Waals surface area (Å²) in [6, 6.07) is 12.7. The lowest BCUT2D eigenvalue weighted by atomic mass is 10.0. The van der Waals surface area contributed by atoms with Crippen molar-refractivity contribution in [2.75, 3.05) is 11.9 Å². The Morgan fingerprint density at radius 1 is 1.21 bits per heavy atom. The Labute approximate surface area is 144 Å². The second-order valence-electron chi connectivity index (χ2n) is 6.07. The standard InChI is InChI=1S/C18H15ClN2O3/c19-12-4-1-3-11(9-12)18(7-8-18)21-17(23)13-5-2-6-14-16(13)24-10-15(22)20-14/h1-6,9H,7-8,10H2,(H,20,22)(H,21,23). The van der Waals surface area contributed by atoms with Crippen LogP contribution in [0.1, 0.15) is 28.8 Å². The lowest BCUT2D eigenvalue weighted by Gasteiger charge is -2.22. The van der Waals surface area contributed by atoms with Crippen LogP contribution in [0.15, 0.2) is 42.5 Å². The first-order chi connectivity index (χ1) is 11.6. The smallest absolute Gasteiger partial charge is 0.262 e. The summed E-state index contributed by atoms with van der Waals surface area (Å²) in [4.78, 5) is 24.2. The van der Waals surface area contributed by atoms with Gasteiger partial charge >= 0.3 is 0 Å². The van der Waals surface area contributed by atoms with Gasteiger partial charge in [0.05, 0.1) is 16.8 Å². The van der Waals surface area contributed by atoms with Crippen LogP contribution in [0.4, 0.5) is 5.69 Å². The van der Waals surface area contributed by atoms with Crippen molar-refractivity contribution in [1.29, 1.82) is 0 Å². The summed E-state index contributed by atoms with van der Waals surface area (Å²) >= 11 is 6.07. The molecule has 0 radical (unpaired) electrons. The molecule has 0 spiro atoms. The number of anilines is 1. The van der Waals surface area contributed by atoms with Crippen molar-refractivity contribution in [3.63, 3.8) is 0 Å². The topological polar surface area (TPSA) is 67.4 Å². The molecule has 1 heterocycles. The minimum Gasteiger partial charge on any atom is -0.481 e. The van der Waals surface area contributed by atoms with E-state index in [-0.39, 0.29) is 24.0 Å². The maximum atomic E-state index is 12.8. The first-order valence-corrected chi connectivity index (χ1v) is 8.09. The molecule has 1 saturated carbocycles. The molecule has 1 aliphatic heterocycles. The number of hydrogen-bond acceptors (Lipinski definition) is 3. The number of nitrogens with one attached hydrogen (secondary N) is 2. The molecule has 0 unspecified atom stereocenters. The average Bonchev–Trinajstić information content (AvgIpc) is 3.34. The number of para-hydroxylation sites is 1. The molecule has 2 aromatic rings. The summed E-state index contributed by atoms with van der Waals surface area (Å²) in [6.45, 7) is -0.0866. The predicted octanol–water partition coefficient (Wildman–Crippen LogP) is 3.09. The molecule has 6 heteroatoms. The molecule has 2 amide bonds. The summed E-state index contributed by atoms with van der Waals surface area (Å²) in [7, 11) is 0. The van der Waals surface area contributed by atoms with Crippen LogP contribution < -0.4 is 15.4 Å². The Bertz CT molecular complexity index is 846. The van der Waals surface area contributed by atoms with E-state index in [1.165, 1.54) is 0 Å². The highest BCUT2D eigenvalue weighted by Gasteiger charge is 2.46. The summed E-state index contributed by atoms with van der Waals surface area (Å²) in [5.41, 5.74) is 1.57. The quantitative estimate of drug-likeness (QED) is 0.900. The van der Waals surface area contributed by atoms with Crippen LogP contribution in [0, 0.1) is 0 Å². The molecule has 2 aromatic carbocycles. The highest BCUT2D eigenvalue weighted by Crippen LogP contribution is 2.46. The lowest BCUT2D eigenvalue weighted by molar-refractivity contribution is -0.118. The molecule has 4 rings (SSSR count). The molecule has 5 nitrogen and oxygen atoms in total.